The van der Waals surface area contributed by atoms with Crippen LogP contribution in [0, 0.1) is 0 Å². The average Bonchev–Trinajstić information content (AvgIpc) is 3.66. The van der Waals surface area contributed by atoms with Crippen molar-refractivity contribution in [2.24, 2.45) is 0 Å². The van der Waals surface area contributed by atoms with Gasteiger partial charge in [-0.2, -0.15) is 0 Å². The smallest absolute Gasteiger partial charge is 0.342 e. The standard InChI is InChI=1S/C28H25N3O5/c1-2-34-28(33)22-17-35-25-12-11-19(16-21(22)25)36-26-20(6-5-13-29-26)27(32)31-15-14-30(18-9-10-18)23-7-3-4-8-24(23)31/h3-8,11-13,16-18H,2,9-10,14-15H2,1H3. The molecule has 2 aromatic carbocycles. The van der Waals surface area contributed by atoms with Gasteiger partial charge in [0.2, 0.25) is 5.88 Å². The molecule has 0 saturated heterocycles. The number of hydrogen-bond donors (Lipinski definition) is 0. The molecule has 0 N–H and O–H groups in total. The molecular weight excluding hydrogens is 458 g/mol. The van der Waals surface area contributed by atoms with Gasteiger partial charge in [0.15, 0.2) is 0 Å². The second kappa shape index (κ2) is 9.03. The van der Waals surface area contributed by atoms with E-state index in [9.17, 15) is 9.59 Å². The van der Waals surface area contributed by atoms with Gasteiger partial charge in [-0.3, -0.25) is 4.79 Å². The predicted octanol–water partition coefficient (Wildman–Crippen LogP) is 5.43. The fourth-order valence-electron chi connectivity index (χ4n) is 4.69. The molecule has 0 atom stereocenters. The van der Waals surface area contributed by atoms with Crippen molar-refractivity contribution in [3.63, 3.8) is 0 Å². The fourth-order valence-corrected chi connectivity index (χ4v) is 4.69. The number of rotatable bonds is 6. The van der Waals surface area contributed by atoms with Crippen LogP contribution in [0.4, 0.5) is 11.4 Å². The van der Waals surface area contributed by atoms with Gasteiger partial charge in [0.05, 0.1) is 18.0 Å². The minimum atomic E-state index is -0.467. The summed E-state index contributed by atoms with van der Waals surface area (Å²) in [5.41, 5.74) is 3.20. The number of nitrogens with zero attached hydrogens (tertiary/aromatic N) is 3. The zero-order chi connectivity index (χ0) is 24.6. The van der Waals surface area contributed by atoms with Gasteiger partial charge in [0, 0.05) is 30.7 Å². The van der Waals surface area contributed by atoms with Crippen LogP contribution in [0.1, 0.15) is 40.5 Å². The van der Waals surface area contributed by atoms with Crippen molar-refractivity contribution in [2.75, 3.05) is 29.5 Å². The highest BCUT2D eigenvalue weighted by molar-refractivity contribution is 6.10. The SMILES string of the molecule is CCOC(=O)c1coc2ccc(Oc3ncccc3C(=O)N3CCN(C4CC4)c4ccccc43)cc12. The molecule has 0 spiro atoms. The molecule has 1 aliphatic heterocycles. The Morgan fingerprint density at radius 1 is 1.03 bits per heavy atom. The molecule has 6 rings (SSSR count). The van der Waals surface area contributed by atoms with E-state index in [1.807, 2.05) is 18.2 Å². The van der Waals surface area contributed by atoms with E-state index >= 15 is 0 Å². The lowest BCUT2D eigenvalue weighted by atomic mass is 10.1. The highest BCUT2D eigenvalue weighted by atomic mass is 16.5. The van der Waals surface area contributed by atoms with Gasteiger partial charge >= 0.3 is 5.97 Å². The Kier molecular flexibility index (Phi) is 5.56. The Morgan fingerprint density at radius 2 is 1.86 bits per heavy atom. The normalized spacial score (nSPS) is 15.0. The molecule has 1 fully saturated rings. The van der Waals surface area contributed by atoms with E-state index in [1.54, 1.807) is 48.4 Å². The van der Waals surface area contributed by atoms with Crippen LogP contribution in [0.2, 0.25) is 0 Å². The number of carbonyl (C=O) groups excluding carboxylic acids is 2. The van der Waals surface area contributed by atoms with Crippen molar-refractivity contribution in [3.05, 3.63) is 78.2 Å². The summed E-state index contributed by atoms with van der Waals surface area (Å²) in [6.07, 6.45) is 5.36. The Bertz CT molecular complexity index is 1460. The highest BCUT2D eigenvalue weighted by Gasteiger charge is 2.36. The quantitative estimate of drug-likeness (QED) is 0.338. The first-order valence-corrected chi connectivity index (χ1v) is 12.1. The summed E-state index contributed by atoms with van der Waals surface area (Å²) in [7, 11) is 0. The number of aromatic nitrogens is 1. The van der Waals surface area contributed by atoms with Crippen molar-refractivity contribution in [2.45, 2.75) is 25.8 Å². The molecule has 3 heterocycles. The first-order valence-electron chi connectivity index (χ1n) is 12.1. The Balaban J connectivity index is 1.31. The topological polar surface area (TPSA) is 85.1 Å². The Morgan fingerprint density at radius 3 is 2.67 bits per heavy atom. The number of para-hydroxylation sites is 2. The van der Waals surface area contributed by atoms with E-state index in [4.69, 9.17) is 13.9 Å². The van der Waals surface area contributed by atoms with Crippen LogP contribution in [0.15, 0.2) is 71.5 Å². The first-order chi connectivity index (χ1) is 17.6. The van der Waals surface area contributed by atoms with Gasteiger partial charge in [-0.25, -0.2) is 9.78 Å². The van der Waals surface area contributed by atoms with Crippen LogP contribution >= 0.6 is 0 Å². The number of benzene rings is 2. The van der Waals surface area contributed by atoms with Gasteiger partial charge in [0.1, 0.15) is 28.7 Å². The molecule has 182 valence electrons. The maximum Gasteiger partial charge on any atom is 0.342 e. The summed E-state index contributed by atoms with van der Waals surface area (Å²) in [6, 6.07) is 17.2. The van der Waals surface area contributed by atoms with Crippen LogP contribution in [0.25, 0.3) is 11.0 Å². The lowest BCUT2D eigenvalue weighted by Gasteiger charge is -2.38. The van der Waals surface area contributed by atoms with Crippen LogP contribution in [0.3, 0.4) is 0 Å². The summed E-state index contributed by atoms with van der Waals surface area (Å²) in [5, 5.41) is 0.569. The van der Waals surface area contributed by atoms with E-state index in [0.29, 0.717) is 40.4 Å². The van der Waals surface area contributed by atoms with Crippen molar-refractivity contribution in [3.8, 4) is 11.6 Å². The van der Waals surface area contributed by atoms with Crippen molar-refractivity contribution in [1.82, 2.24) is 4.98 Å². The summed E-state index contributed by atoms with van der Waals surface area (Å²) in [6.45, 7) is 3.39. The zero-order valence-corrected chi connectivity index (χ0v) is 19.8. The first kappa shape index (κ1) is 22.2. The molecule has 8 heteroatoms. The van der Waals surface area contributed by atoms with Gasteiger partial charge < -0.3 is 23.7 Å². The number of pyridine rings is 1. The molecule has 0 radical (unpaired) electrons. The highest BCUT2D eigenvalue weighted by Crippen LogP contribution is 2.41. The Labute approximate surface area is 208 Å². The number of esters is 1. The third-order valence-corrected chi connectivity index (χ3v) is 6.54. The monoisotopic (exact) mass is 483 g/mol. The van der Waals surface area contributed by atoms with Crippen molar-refractivity contribution in [1.29, 1.82) is 0 Å². The molecule has 4 aromatic rings. The molecule has 0 unspecified atom stereocenters. The summed E-state index contributed by atoms with van der Waals surface area (Å²) in [5.74, 6) is -0.00464. The van der Waals surface area contributed by atoms with E-state index in [-0.39, 0.29) is 18.4 Å². The van der Waals surface area contributed by atoms with Gasteiger partial charge in [-0.05, 0) is 62.2 Å². The molecule has 36 heavy (non-hydrogen) atoms. The zero-order valence-electron chi connectivity index (χ0n) is 19.8. The lowest BCUT2D eigenvalue weighted by Crippen LogP contribution is -2.45. The maximum atomic E-state index is 13.8. The summed E-state index contributed by atoms with van der Waals surface area (Å²) < 4.78 is 16.7. The van der Waals surface area contributed by atoms with Crippen LogP contribution in [-0.4, -0.2) is 42.6 Å². The van der Waals surface area contributed by atoms with Gasteiger partial charge in [0.25, 0.3) is 5.91 Å². The van der Waals surface area contributed by atoms with E-state index < -0.39 is 5.97 Å². The molecule has 2 aliphatic rings. The molecular formula is C28H25N3O5. The van der Waals surface area contributed by atoms with Crippen LogP contribution < -0.4 is 14.5 Å². The van der Waals surface area contributed by atoms with Crippen molar-refractivity contribution < 1.29 is 23.5 Å². The molecule has 8 nitrogen and oxygen atoms in total. The number of furan rings is 1. The summed E-state index contributed by atoms with van der Waals surface area (Å²) >= 11 is 0. The number of ether oxygens (including phenoxy) is 2. The second-order valence-electron chi connectivity index (χ2n) is 8.86. The summed E-state index contributed by atoms with van der Waals surface area (Å²) in [4.78, 5) is 34.6. The molecule has 1 amide bonds. The average molecular weight is 484 g/mol. The number of hydrogen-bond acceptors (Lipinski definition) is 7. The van der Waals surface area contributed by atoms with Crippen LogP contribution in [-0.2, 0) is 4.74 Å². The second-order valence-corrected chi connectivity index (χ2v) is 8.86. The van der Waals surface area contributed by atoms with E-state index in [2.05, 4.69) is 16.0 Å². The maximum absolute atomic E-state index is 13.8. The van der Waals surface area contributed by atoms with Gasteiger partial charge in [-0.1, -0.05) is 12.1 Å². The molecule has 1 saturated carbocycles. The molecule has 2 aromatic heterocycles. The van der Waals surface area contributed by atoms with Crippen LogP contribution in [0.5, 0.6) is 11.6 Å². The molecule has 0 bridgehead atoms. The predicted molar refractivity (Wildman–Crippen MR) is 135 cm³/mol. The van der Waals surface area contributed by atoms with Gasteiger partial charge in [-0.15, -0.1) is 0 Å². The number of amides is 1. The molecule has 1 aliphatic carbocycles. The number of fused-ring (bicyclic) bond motifs is 2. The number of anilines is 2. The largest absolute Gasteiger partial charge is 0.463 e. The minimum Gasteiger partial charge on any atom is -0.463 e. The third kappa shape index (κ3) is 3.94. The number of carbonyl (C=O) groups is 2. The van der Waals surface area contributed by atoms with Crippen molar-refractivity contribution >= 4 is 34.2 Å². The fraction of sp³-hybridized carbons (Fsp3) is 0.250. The third-order valence-electron chi connectivity index (χ3n) is 6.54. The minimum absolute atomic E-state index is 0.169. The Hall–Kier alpha value is -4.33. The van der Waals surface area contributed by atoms with E-state index in [1.165, 1.54) is 19.1 Å². The van der Waals surface area contributed by atoms with E-state index in [0.717, 1.165) is 17.9 Å². The lowest BCUT2D eigenvalue weighted by molar-refractivity contribution is 0.0527.